The van der Waals surface area contributed by atoms with Crippen LogP contribution in [0.15, 0.2) is 12.2 Å². The normalized spacial score (nSPS) is 17.1. The maximum atomic E-state index is 12.1. The van der Waals surface area contributed by atoms with Crippen LogP contribution in [0.3, 0.4) is 0 Å². The van der Waals surface area contributed by atoms with Gasteiger partial charge in [0.1, 0.15) is 0 Å². The number of ketones is 1. The minimum Gasteiger partial charge on any atom is -0.396 e. The number of aliphatic hydroxyl groups excluding tert-OH is 1. The van der Waals surface area contributed by atoms with Crippen LogP contribution in [0.4, 0.5) is 0 Å². The number of carbonyl (C=O) groups excluding carboxylic acids is 2. The van der Waals surface area contributed by atoms with E-state index in [9.17, 15) is 9.59 Å². The number of likely N-dealkylation sites (tertiary alicyclic amines) is 1. The van der Waals surface area contributed by atoms with E-state index in [1.54, 1.807) is 12.2 Å². The summed E-state index contributed by atoms with van der Waals surface area (Å²) in [6.45, 7) is 4.50. The predicted molar refractivity (Wildman–Crippen MR) is 78.3 cm³/mol. The number of hydrogen-bond acceptors (Lipinski definition) is 4. The first-order chi connectivity index (χ1) is 9.56. The molecule has 1 saturated heterocycles. The number of likely N-dealkylation sites (N-methyl/N-ethyl adjacent to an activating group) is 1. The SMILES string of the molecule is CCC(=O)/C=C/CN(C)CC(=O)N1CCC(CO)CC1. The van der Waals surface area contributed by atoms with Gasteiger partial charge in [0.05, 0.1) is 6.54 Å². The van der Waals surface area contributed by atoms with Gasteiger partial charge in [-0.1, -0.05) is 13.0 Å². The van der Waals surface area contributed by atoms with Crippen molar-refractivity contribution in [2.24, 2.45) is 5.92 Å². The zero-order valence-corrected chi connectivity index (χ0v) is 12.5. The Labute approximate surface area is 121 Å². The van der Waals surface area contributed by atoms with E-state index in [0.29, 0.717) is 25.4 Å². The summed E-state index contributed by atoms with van der Waals surface area (Å²) < 4.78 is 0. The van der Waals surface area contributed by atoms with Crippen LogP contribution in [0.1, 0.15) is 26.2 Å². The van der Waals surface area contributed by atoms with E-state index >= 15 is 0 Å². The fourth-order valence-electron chi connectivity index (χ4n) is 2.24. The van der Waals surface area contributed by atoms with Crippen LogP contribution in [-0.4, -0.2) is 66.4 Å². The van der Waals surface area contributed by atoms with Crippen LogP contribution in [0.2, 0.25) is 0 Å². The van der Waals surface area contributed by atoms with Gasteiger partial charge in [0, 0.05) is 32.7 Å². The molecule has 1 heterocycles. The molecule has 114 valence electrons. The number of nitrogens with zero attached hydrogens (tertiary/aromatic N) is 2. The lowest BCUT2D eigenvalue weighted by Crippen LogP contribution is -2.43. The molecule has 1 rings (SSSR count). The minimum absolute atomic E-state index is 0.107. The molecule has 0 aromatic heterocycles. The lowest BCUT2D eigenvalue weighted by molar-refractivity contribution is -0.133. The molecule has 0 bridgehead atoms. The summed E-state index contributed by atoms with van der Waals surface area (Å²) in [5, 5.41) is 9.08. The summed E-state index contributed by atoms with van der Waals surface area (Å²) in [5.74, 6) is 0.578. The van der Waals surface area contributed by atoms with Crippen molar-refractivity contribution in [2.45, 2.75) is 26.2 Å². The highest BCUT2D eigenvalue weighted by Gasteiger charge is 2.22. The molecule has 1 amide bonds. The average Bonchev–Trinajstić information content (AvgIpc) is 2.47. The van der Waals surface area contributed by atoms with Crippen LogP contribution in [0.25, 0.3) is 0 Å². The van der Waals surface area contributed by atoms with Gasteiger partial charge in [-0.2, -0.15) is 0 Å². The van der Waals surface area contributed by atoms with Crippen molar-refractivity contribution in [1.82, 2.24) is 9.80 Å². The zero-order chi connectivity index (χ0) is 15.0. The van der Waals surface area contributed by atoms with Crippen molar-refractivity contribution >= 4 is 11.7 Å². The number of hydrogen-bond donors (Lipinski definition) is 1. The summed E-state index contributed by atoms with van der Waals surface area (Å²) in [6, 6.07) is 0. The standard InChI is InChI=1S/C15H26N2O3/c1-3-14(19)5-4-8-16(2)11-15(20)17-9-6-13(12-18)7-10-17/h4-5,13,18H,3,6-12H2,1-2H3/b5-4+. The van der Waals surface area contributed by atoms with Crippen LogP contribution in [0, 0.1) is 5.92 Å². The summed E-state index contributed by atoms with van der Waals surface area (Å²) in [6.07, 6.45) is 5.66. The van der Waals surface area contributed by atoms with Gasteiger partial charge < -0.3 is 10.0 Å². The molecule has 1 aliphatic heterocycles. The second kappa shape index (κ2) is 8.87. The van der Waals surface area contributed by atoms with Gasteiger partial charge in [0.2, 0.25) is 5.91 Å². The second-order valence-electron chi connectivity index (χ2n) is 5.43. The third-order valence-electron chi connectivity index (χ3n) is 3.70. The molecule has 0 unspecified atom stereocenters. The summed E-state index contributed by atoms with van der Waals surface area (Å²) in [5.41, 5.74) is 0. The van der Waals surface area contributed by atoms with Crippen LogP contribution >= 0.6 is 0 Å². The zero-order valence-electron chi connectivity index (χ0n) is 12.5. The second-order valence-corrected chi connectivity index (χ2v) is 5.43. The van der Waals surface area contributed by atoms with Crippen LogP contribution < -0.4 is 0 Å². The number of carbonyl (C=O) groups is 2. The maximum Gasteiger partial charge on any atom is 0.236 e. The largest absolute Gasteiger partial charge is 0.396 e. The first kappa shape index (κ1) is 16.9. The van der Waals surface area contributed by atoms with Gasteiger partial charge in [0.25, 0.3) is 0 Å². The molecule has 0 atom stereocenters. The first-order valence-corrected chi connectivity index (χ1v) is 7.33. The Bertz CT molecular complexity index is 347. The molecule has 1 fully saturated rings. The molecule has 0 radical (unpaired) electrons. The molecule has 0 aromatic carbocycles. The Morgan fingerprint density at radius 3 is 2.55 bits per heavy atom. The quantitative estimate of drug-likeness (QED) is 0.698. The van der Waals surface area contributed by atoms with E-state index < -0.39 is 0 Å². The average molecular weight is 282 g/mol. The molecule has 0 spiro atoms. The van der Waals surface area contributed by atoms with Crippen molar-refractivity contribution in [3.63, 3.8) is 0 Å². The number of amides is 1. The topological polar surface area (TPSA) is 60.9 Å². The first-order valence-electron chi connectivity index (χ1n) is 7.33. The molecular weight excluding hydrogens is 256 g/mol. The highest BCUT2D eigenvalue weighted by atomic mass is 16.3. The smallest absolute Gasteiger partial charge is 0.236 e. The van der Waals surface area contributed by atoms with Crippen molar-refractivity contribution in [3.05, 3.63) is 12.2 Å². The van der Waals surface area contributed by atoms with Crippen LogP contribution in [-0.2, 0) is 9.59 Å². The van der Waals surface area contributed by atoms with E-state index in [1.165, 1.54) is 0 Å². The van der Waals surface area contributed by atoms with Crippen molar-refractivity contribution in [2.75, 3.05) is 39.8 Å². The van der Waals surface area contributed by atoms with Gasteiger partial charge in [-0.05, 0) is 31.9 Å². The van der Waals surface area contributed by atoms with Crippen molar-refractivity contribution < 1.29 is 14.7 Å². The number of piperidine rings is 1. The van der Waals surface area contributed by atoms with Gasteiger partial charge in [0.15, 0.2) is 5.78 Å². The Morgan fingerprint density at radius 2 is 2.00 bits per heavy atom. The van der Waals surface area contributed by atoms with E-state index in [0.717, 1.165) is 25.9 Å². The van der Waals surface area contributed by atoms with Gasteiger partial charge in [-0.15, -0.1) is 0 Å². The van der Waals surface area contributed by atoms with Gasteiger partial charge in [-0.3, -0.25) is 14.5 Å². The number of rotatable bonds is 7. The molecule has 0 saturated carbocycles. The minimum atomic E-state index is 0.107. The fraction of sp³-hybridized carbons (Fsp3) is 0.733. The predicted octanol–water partition coefficient (Wildman–Crippen LogP) is 0.684. The highest BCUT2D eigenvalue weighted by molar-refractivity contribution is 5.89. The molecule has 1 N–H and O–H groups in total. The third kappa shape index (κ3) is 5.84. The number of aliphatic hydroxyl groups is 1. The molecule has 5 nitrogen and oxygen atoms in total. The summed E-state index contributed by atoms with van der Waals surface area (Å²) in [4.78, 5) is 27.0. The molecule has 0 aromatic rings. The van der Waals surface area contributed by atoms with E-state index in [4.69, 9.17) is 5.11 Å². The number of allylic oxidation sites excluding steroid dienone is 1. The Hall–Kier alpha value is -1.20. The Balaban J connectivity index is 2.28. The van der Waals surface area contributed by atoms with Crippen molar-refractivity contribution in [3.8, 4) is 0 Å². The Kier molecular flexibility index (Phi) is 7.47. The molecule has 20 heavy (non-hydrogen) atoms. The molecule has 5 heteroatoms. The van der Waals surface area contributed by atoms with E-state index in [-0.39, 0.29) is 18.3 Å². The van der Waals surface area contributed by atoms with Gasteiger partial charge >= 0.3 is 0 Å². The van der Waals surface area contributed by atoms with E-state index in [1.807, 2.05) is 23.8 Å². The molecule has 1 aliphatic rings. The van der Waals surface area contributed by atoms with Gasteiger partial charge in [-0.25, -0.2) is 0 Å². The van der Waals surface area contributed by atoms with Crippen LogP contribution in [0.5, 0.6) is 0 Å². The lowest BCUT2D eigenvalue weighted by atomic mass is 9.98. The molecular formula is C15H26N2O3. The summed E-state index contributed by atoms with van der Waals surface area (Å²) >= 11 is 0. The highest BCUT2D eigenvalue weighted by Crippen LogP contribution is 2.16. The van der Waals surface area contributed by atoms with E-state index in [2.05, 4.69) is 0 Å². The molecule has 0 aliphatic carbocycles. The monoisotopic (exact) mass is 282 g/mol. The Morgan fingerprint density at radius 1 is 1.35 bits per heavy atom. The third-order valence-corrected chi connectivity index (χ3v) is 3.70. The van der Waals surface area contributed by atoms with Crippen molar-refractivity contribution in [1.29, 1.82) is 0 Å². The lowest BCUT2D eigenvalue weighted by Gasteiger charge is -2.32. The maximum absolute atomic E-state index is 12.1. The summed E-state index contributed by atoms with van der Waals surface area (Å²) in [7, 11) is 1.87. The fourth-order valence-corrected chi connectivity index (χ4v) is 2.24.